The zero-order valence-corrected chi connectivity index (χ0v) is 17.0. The van der Waals surface area contributed by atoms with Crippen LogP contribution in [0.15, 0.2) is 48.5 Å². The highest BCUT2D eigenvalue weighted by molar-refractivity contribution is 5.76. The lowest BCUT2D eigenvalue weighted by atomic mass is 9.90. The fourth-order valence-corrected chi connectivity index (χ4v) is 3.89. The molecule has 0 N–H and O–H groups in total. The van der Waals surface area contributed by atoms with Gasteiger partial charge < -0.3 is 14.4 Å². The Morgan fingerprint density at radius 1 is 1.07 bits per heavy atom. The van der Waals surface area contributed by atoms with E-state index in [1.165, 1.54) is 5.56 Å². The normalized spacial score (nSPS) is 14.7. The van der Waals surface area contributed by atoms with Gasteiger partial charge in [0, 0.05) is 19.5 Å². The first kappa shape index (κ1) is 20.2. The zero-order valence-electron chi connectivity index (χ0n) is 17.0. The first-order chi connectivity index (χ1) is 13.7. The number of amides is 1. The molecule has 0 saturated carbocycles. The molecule has 28 heavy (non-hydrogen) atoms. The number of hydrogen-bond acceptors (Lipinski definition) is 3. The molecule has 1 amide bonds. The molecule has 1 aliphatic heterocycles. The summed E-state index contributed by atoms with van der Waals surface area (Å²) in [6.07, 6.45) is 4.52. The maximum atomic E-state index is 12.6. The van der Waals surface area contributed by atoms with Crippen molar-refractivity contribution >= 4 is 5.91 Å². The van der Waals surface area contributed by atoms with E-state index >= 15 is 0 Å². The Morgan fingerprint density at radius 2 is 1.79 bits per heavy atom. The molecule has 4 nitrogen and oxygen atoms in total. The number of likely N-dealkylation sites (tertiary alicyclic amines) is 1. The average Bonchev–Trinajstić information content (AvgIpc) is 2.74. The van der Waals surface area contributed by atoms with Crippen LogP contribution in [0.1, 0.15) is 37.3 Å². The van der Waals surface area contributed by atoms with E-state index in [-0.39, 0.29) is 5.91 Å². The number of hydrogen-bond donors (Lipinski definition) is 0. The van der Waals surface area contributed by atoms with Crippen LogP contribution in [0.5, 0.6) is 11.5 Å². The number of rotatable bonds is 8. The minimum absolute atomic E-state index is 0.259. The van der Waals surface area contributed by atoms with E-state index < -0.39 is 0 Å². The number of piperidine rings is 1. The molecule has 2 aromatic carbocycles. The fourth-order valence-electron chi connectivity index (χ4n) is 3.89. The van der Waals surface area contributed by atoms with Crippen molar-refractivity contribution in [2.75, 3.05) is 26.8 Å². The third kappa shape index (κ3) is 5.51. The summed E-state index contributed by atoms with van der Waals surface area (Å²) in [4.78, 5) is 14.7. The SMILES string of the molecule is CCOc1ccccc1CCC(=O)N1CCC(Cc2ccc(OC)cc2)CC1. The van der Waals surface area contributed by atoms with Crippen LogP contribution in [-0.2, 0) is 17.6 Å². The molecule has 1 heterocycles. The predicted octanol–water partition coefficient (Wildman–Crippen LogP) is 4.51. The molecule has 1 fully saturated rings. The van der Waals surface area contributed by atoms with Gasteiger partial charge in [0.1, 0.15) is 11.5 Å². The summed E-state index contributed by atoms with van der Waals surface area (Å²) in [6, 6.07) is 16.4. The summed E-state index contributed by atoms with van der Waals surface area (Å²) < 4.78 is 10.9. The average molecular weight is 382 g/mol. The molecule has 0 atom stereocenters. The molecular formula is C24H31NO3. The Balaban J connectivity index is 1.44. The van der Waals surface area contributed by atoms with Crippen LogP contribution in [0.4, 0.5) is 0 Å². The monoisotopic (exact) mass is 381 g/mol. The summed E-state index contributed by atoms with van der Waals surface area (Å²) >= 11 is 0. The largest absolute Gasteiger partial charge is 0.497 e. The smallest absolute Gasteiger partial charge is 0.222 e. The van der Waals surface area contributed by atoms with E-state index in [9.17, 15) is 4.79 Å². The van der Waals surface area contributed by atoms with Crippen LogP contribution in [-0.4, -0.2) is 37.6 Å². The highest BCUT2D eigenvalue weighted by atomic mass is 16.5. The van der Waals surface area contributed by atoms with Crippen LogP contribution in [0.2, 0.25) is 0 Å². The lowest BCUT2D eigenvalue weighted by molar-refractivity contribution is -0.132. The Labute approximate surface area is 168 Å². The molecule has 4 heteroatoms. The van der Waals surface area contributed by atoms with Gasteiger partial charge in [0.05, 0.1) is 13.7 Å². The van der Waals surface area contributed by atoms with Gasteiger partial charge in [-0.2, -0.15) is 0 Å². The summed E-state index contributed by atoms with van der Waals surface area (Å²) in [6.45, 7) is 4.37. The number of nitrogens with zero attached hydrogens (tertiary/aromatic N) is 1. The van der Waals surface area contributed by atoms with Gasteiger partial charge in [0.2, 0.25) is 5.91 Å². The second kappa shape index (κ2) is 10.2. The third-order valence-electron chi connectivity index (χ3n) is 5.53. The molecule has 3 rings (SSSR count). The van der Waals surface area contributed by atoms with Crippen molar-refractivity contribution < 1.29 is 14.3 Å². The summed E-state index contributed by atoms with van der Waals surface area (Å²) in [5, 5.41) is 0. The number of carbonyl (C=O) groups is 1. The van der Waals surface area contributed by atoms with Crippen molar-refractivity contribution in [2.45, 2.75) is 39.0 Å². The molecular weight excluding hydrogens is 350 g/mol. The lowest BCUT2D eigenvalue weighted by Crippen LogP contribution is -2.39. The molecule has 0 spiro atoms. The zero-order chi connectivity index (χ0) is 19.8. The van der Waals surface area contributed by atoms with Crippen LogP contribution in [0.25, 0.3) is 0 Å². The van der Waals surface area contributed by atoms with Crippen molar-refractivity contribution in [3.8, 4) is 11.5 Å². The topological polar surface area (TPSA) is 38.8 Å². The number of benzene rings is 2. The lowest BCUT2D eigenvalue weighted by Gasteiger charge is -2.32. The highest BCUT2D eigenvalue weighted by Gasteiger charge is 2.23. The molecule has 0 radical (unpaired) electrons. The van der Waals surface area contributed by atoms with Crippen LogP contribution < -0.4 is 9.47 Å². The third-order valence-corrected chi connectivity index (χ3v) is 5.53. The van der Waals surface area contributed by atoms with Crippen molar-refractivity contribution in [2.24, 2.45) is 5.92 Å². The van der Waals surface area contributed by atoms with Crippen molar-refractivity contribution in [3.05, 3.63) is 59.7 Å². The minimum Gasteiger partial charge on any atom is -0.497 e. The van der Waals surface area contributed by atoms with Crippen molar-refractivity contribution in [3.63, 3.8) is 0 Å². The van der Waals surface area contributed by atoms with E-state index in [2.05, 4.69) is 18.2 Å². The summed E-state index contributed by atoms with van der Waals surface area (Å²) in [5.41, 5.74) is 2.46. The standard InChI is InChI=1S/C24H31NO3/c1-3-28-23-7-5-4-6-21(23)10-13-24(26)25-16-14-20(15-17-25)18-19-8-11-22(27-2)12-9-19/h4-9,11-12,20H,3,10,13-18H2,1-2H3. The van der Waals surface area contributed by atoms with E-state index in [1.807, 2.05) is 42.2 Å². The summed E-state index contributed by atoms with van der Waals surface area (Å²) in [7, 11) is 1.69. The van der Waals surface area contributed by atoms with Gasteiger partial charge in [-0.15, -0.1) is 0 Å². The van der Waals surface area contributed by atoms with Gasteiger partial charge in [0.25, 0.3) is 0 Å². The molecule has 2 aromatic rings. The van der Waals surface area contributed by atoms with Gasteiger partial charge in [-0.3, -0.25) is 4.79 Å². The molecule has 1 aliphatic rings. The highest BCUT2D eigenvalue weighted by Crippen LogP contribution is 2.24. The number of carbonyl (C=O) groups excluding carboxylic acids is 1. The maximum absolute atomic E-state index is 12.6. The second-order valence-corrected chi connectivity index (χ2v) is 7.42. The van der Waals surface area contributed by atoms with E-state index in [1.54, 1.807) is 7.11 Å². The molecule has 0 aliphatic carbocycles. The molecule has 1 saturated heterocycles. The van der Waals surface area contributed by atoms with Crippen molar-refractivity contribution in [1.82, 2.24) is 4.90 Å². The Bertz CT molecular complexity index is 749. The Morgan fingerprint density at radius 3 is 2.46 bits per heavy atom. The van der Waals surface area contributed by atoms with E-state index in [0.717, 1.165) is 55.8 Å². The van der Waals surface area contributed by atoms with Gasteiger partial charge in [-0.25, -0.2) is 0 Å². The quantitative estimate of drug-likeness (QED) is 0.675. The Hall–Kier alpha value is -2.49. The van der Waals surface area contributed by atoms with E-state index in [0.29, 0.717) is 18.9 Å². The maximum Gasteiger partial charge on any atom is 0.222 e. The first-order valence-corrected chi connectivity index (χ1v) is 10.3. The van der Waals surface area contributed by atoms with Gasteiger partial charge in [-0.1, -0.05) is 30.3 Å². The van der Waals surface area contributed by atoms with Crippen LogP contribution in [0.3, 0.4) is 0 Å². The predicted molar refractivity (Wildman–Crippen MR) is 112 cm³/mol. The number of ether oxygens (including phenoxy) is 2. The molecule has 0 bridgehead atoms. The fraction of sp³-hybridized carbons (Fsp3) is 0.458. The summed E-state index contributed by atoms with van der Waals surface area (Å²) in [5.74, 6) is 2.71. The number of aryl methyl sites for hydroxylation is 1. The van der Waals surface area contributed by atoms with E-state index in [4.69, 9.17) is 9.47 Å². The molecule has 0 aromatic heterocycles. The molecule has 0 unspecified atom stereocenters. The number of methoxy groups -OCH3 is 1. The second-order valence-electron chi connectivity index (χ2n) is 7.42. The van der Waals surface area contributed by atoms with Crippen LogP contribution in [0, 0.1) is 5.92 Å². The first-order valence-electron chi connectivity index (χ1n) is 10.3. The Kier molecular flexibility index (Phi) is 7.35. The van der Waals surface area contributed by atoms with Crippen molar-refractivity contribution in [1.29, 1.82) is 0 Å². The van der Waals surface area contributed by atoms with Gasteiger partial charge in [-0.05, 0) is 67.9 Å². The molecule has 150 valence electrons. The minimum atomic E-state index is 0.259. The van der Waals surface area contributed by atoms with Gasteiger partial charge >= 0.3 is 0 Å². The van der Waals surface area contributed by atoms with Gasteiger partial charge in [0.15, 0.2) is 0 Å². The number of para-hydroxylation sites is 1. The van der Waals surface area contributed by atoms with Crippen LogP contribution >= 0.6 is 0 Å².